The number of hydrogen-bond donors (Lipinski definition) is 1. The van der Waals surface area contributed by atoms with Gasteiger partial charge in [-0.1, -0.05) is 19.3 Å². The zero-order chi connectivity index (χ0) is 17.0. The average molecular weight is 339 g/mol. The van der Waals surface area contributed by atoms with E-state index in [-0.39, 0.29) is 6.54 Å². The molecule has 3 rings (SSSR count). The van der Waals surface area contributed by atoms with Crippen molar-refractivity contribution < 1.29 is 8.78 Å². The molecule has 0 aromatic carbocycles. The number of nitrogens with one attached hydrogen (secondary N) is 1. The fraction of sp³-hybridized carbons (Fsp3) is 0.765. The molecular formula is C17H27F2N5. The van der Waals surface area contributed by atoms with Crippen molar-refractivity contribution in [2.45, 2.75) is 58.5 Å². The standard InChI is InChI=1S/C17H27F2N5/c1-2-20-16(22-12-14-21-9-11-24(14)15(18)19)23-10-8-17(13-23)6-4-3-5-7-17/h9,11,15H,2-8,10,12-13H2,1H3,(H,20,22). The van der Waals surface area contributed by atoms with Gasteiger partial charge in [0.2, 0.25) is 0 Å². The SMILES string of the molecule is CCNC(=NCc1nccn1C(F)F)N1CCC2(CCCCC2)C1. The lowest BCUT2D eigenvalue weighted by Crippen LogP contribution is -2.41. The van der Waals surface area contributed by atoms with Gasteiger partial charge in [0.15, 0.2) is 5.96 Å². The van der Waals surface area contributed by atoms with Gasteiger partial charge in [-0.3, -0.25) is 4.57 Å². The Morgan fingerprint density at radius 3 is 2.83 bits per heavy atom. The van der Waals surface area contributed by atoms with Crippen LogP contribution in [0.5, 0.6) is 0 Å². The molecule has 134 valence electrons. The van der Waals surface area contributed by atoms with Gasteiger partial charge in [-0.2, -0.15) is 8.78 Å². The summed E-state index contributed by atoms with van der Waals surface area (Å²) in [6.07, 6.45) is 10.5. The third-order valence-corrected chi connectivity index (χ3v) is 5.32. The van der Waals surface area contributed by atoms with E-state index < -0.39 is 6.55 Å². The number of aromatic nitrogens is 2. The van der Waals surface area contributed by atoms with E-state index in [2.05, 4.69) is 20.2 Å². The number of halogens is 2. The fourth-order valence-corrected chi connectivity index (χ4v) is 4.04. The zero-order valence-electron chi connectivity index (χ0n) is 14.3. The van der Waals surface area contributed by atoms with Crippen molar-refractivity contribution in [3.8, 4) is 0 Å². The molecule has 0 unspecified atom stereocenters. The van der Waals surface area contributed by atoms with Crippen molar-refractivity contribution in [1.82, 2.24) is 19.8 Å². The summed E-state index contributed by atoms with van der Waals surface area (Å²) in [4.78, 5) is 10.9. The Morgan fingerprint density at radius 1 is 1.33 bits per heavy atom. The van der Waals surface area contributed by atoms with Crippen LogP contribution < -0.4 is 5.32 Å². The van der Waals surface area contributed by atoms with Gasteiger partial charge in [-0.25, -0.2) is 9.98 Å². The van der Waals surface area contributed by atoms with Crippen molar-refractivity contribution in [2.24, 2.45) is 10.4 Å². The van der Waals surface area contributed by atoms with Gasteiger partial charge >= 0.3 is 6.55 Å². The van der Waals surface area contributed by atoms with Crippen LogP contribution >= 0.6 is 0 Å². The van der Waals surface area contributed by atoms with E-state index >= 15 is 0 Å². The average Bonchev–Trinajstić information content (AvgIpc) is 3.20. The van der Waals surface area contributed by atoms with Gasteiger partial charge in [-0.15, -0.1) is 0 Å². The monoisotopic (exact) mass is 339 g/mol. The van der Waals surface area contributed by atoms with Crippen LogP contribution in [0.3, 0.4) is 0 Å². The van der Waals surface area contributed by atoms with Gasteiger partial charge in [0.25, 0.3) is 0 Å². The molecule has 1 saturated heterocycles. The number of guanidine groups is 1. The van der Waals surface area contributed by atoms with Crippen molar-refractivity contribution in [1.29, 1.82) is 0 Å². The molecule has 1 spiro atoms. The summed E-state index contributed by atoms with van der Waals surface area (Å²) in [6, 6.07) is 0. The molecule has 1 aromatic rings. The first-order valence-corrected chi connectivity index (χ1v) is 8.97. The molecule has 0 bridgehead atoms. The molecule has 1 aliphatic carbocycles. The number of likely N-dealkylation sites (tertiary alicyclic amines) is 1. The molecule has 0 radical (unpaired) electrons. The van der Waals surface area contributed by atoms with Crippen LogP contribution in [0.1, 0.15) is 57.8 Å². The van der Waals surface area contributed by atoms with E-state index in [4.69, 9.17) is 0 Å². The van der Waals surface area contributed by atoms with E-state index in [9.17, 15) is 8.78 Å². The third-order valence-electron chi connectivity index (χ3n) is 5.32. The van der Waals surface area contributed by atoms with Crippen LogP contribution in [-0.4, -0.2) is 40.0 Å². The predicted octanol–water partition coefficient (Wildman–Crippen LogP) is 3.40. The second-order valence-corrected chi connectivity index (χ2v) is 6.93. The van der Waals surface area contributed by atoms with E-state index in [0.29, 0.717) is 11.2 Å². The summed E-state index contributed by atoms with van der Waals surface area (Å²) >= 11 is 0. The summed E-state index contributed by atoms with van der Waals surface area (Å²) in [5, 5.41) is 3.31. The smallest absolute Gasteiger partial charge is 0.319 e. The van der Waals surface area contributed by atoms with E-state index in [0.717, 1.165) is 30.2 Å². The molecule has 1 N–H and O–H groups in total. The largest absolute Gasteiger partial charge is 0.357 e. The van der Waals surface area contributed by atoms with Crippen LogP contribution in [0, 0.1) is 5.41 Å². The maximum atomic E-state index is 12.9. The predicted molar refractivity (Wildman–Crippen MR) is 90.0 cm³/mol. The molecule has 0 amide bonds. The van der Waals surface area contributed by atoms with Gasteiger partial charge < -0.3 is 10.2 Å². The minimum absolute atomic E-state index is 0.170. The summed E-state index contributed by atoms with van der Waals surface area (Å²) in [6.45, 7) is 2.42. The van der Waals surface area contributed by atoms with Gasteiger partial charge in [-0.05, 0) is 31.6 Å². The maximum absolute atomic E-state index is 12.9. The molecular weight excluding hydrogens is 312 g/mol. The highest BCUT2D eigenvalue weighted by Crippen LogP contribution is 2.43. The van der Waals surface area contributed by atoms with Gasteiger partial charge in [0, 0.05) is 32.0 Å². The van der Waals surface area contributed by atoms with Crippen molar-refractivity contribution in [2.75, 3.05) is 19.6 Å². The van der Waals surface area contributed by atoms with Gasteiger partial charge in [0.05, 0.1) is 0 Å². The number of aliphatic imine (C=N–C) groups is 1. The molecule has 1 aliphatic heterocycles. The highest BCUT2D eigenvalue weighted by atomic mass is 19.3. The molecule has 2 aliphatic rings. The number of imidazole rings is 1. The van der Waals surface area contributed by atoms with Crippen LogP contribution in [0.2, 0.25) is 0 Å². The lowest BCUT2D eigenvalue weighted by atomic mass is 9.73. The number of nitrogens with zero attached hydrogens (tertiary/aromatic N) is 4. The molecule has 0 atom stereocenters. The molecule has 1 saturated carbocycles. The van der Waals surface area contributed by atoms with Crippen molar-refractivity contribution in [3.63, 3.8) is 0 Å². The van der Waals surface area contributed by atoms with Crippen molar-refractivity contribution >= 4 is 5.96 Å². The Kier molecular flexibility index (Phi) is 5.36. The number of alkyl halides is 2. The van der Waals surface area contributed by atoms with E-state index in [1.54, 1.807) is 0 Å². The Hall–Kier alpha value is -1.66. The van der Waals surface area contributed by atoms with Crippen LogP contribution in [0.25, 0.3) is 0 Å². The first-order chi connectivity index (χ1) is 11.6. The summed E-state index contributed by atoms with van der Waals surface area (Å²) < 4.78 is 26.7. The quantitative estimate of drug-likeness (QED) is 0.675. The van der Waals surface area contributed by atoms with Gasteiger partial charge in [0.1, 0.15) is 12.4 Å². The first-order valence-electron chi connectivity index (χ1n) is 8.97. The molecule has 2 heterocycles. The molecule has 24 heavy (non-hydrogen) atoms. The minimum atomic E-state index is -2.57. The molecule has 5 nitrogen and oxygen atoms in total. The summed E-state index contributed by atoms with van der Waals surface area (Å²) in [7, 11) is 0. The summed E-state index contributed by atoms with van der Waals surface area (Å²) in [5.74, 6) is 1.12. The lowest BCUT2D eigenvalue weighted by molar-refractivity contribution is 0.0671. The Bertz CT molecular complexity index is 563. The Balaban J connectivity index is 1.69. The second kappa shape index (κ2) is 7.49. The Labute approximate surface area is 142 Å². The topological polar surface area (TPSA) is 45.5 Å². The lowest BCUT2D eigenvalue weighted by Gasteiger charge is -2.33. The highest BCUT2D eigenvalue weighted by molar-refractivity contribution is 5.80. The first kappa shape index (κ1) is 17.2. The van der Waals surface area contributed by atoms with Crippen LogP contribution in [0.15, 0.2) is 17.4 Å². The number of hydrogen-bond acceptors (Lipinski definition) is 2. The molecule has 2 fully saturated rings. The zero-order valence-corrected chi connectivity index (χ0v) is 14.3. The normalized spacial score (nSPS) is 21.0. The van der Waals surface area contributed by atoms with Crippen molar-refractivity contribution in [3.05, 3.63) is 18.2 Å². The Morgan fingerprint density at radius 2 is 2.12 bits per heavy atom. The molecule has 7 heteroatoms. The third kappa shape index (κ3) is 3.70. The van der Waals surface area contributed by atoms with Crippen LogP contribution in [-0.2, 0) is 6.54 Å². The molecule has 1 aromatic heterocycles. The maximum Gasteiger partial charge on any atom is 0.319 e. The number of rotatable bonds is 4. The highest BCUT2D eigenvalue weighted by Gasteiger charge is 2.39. The fourth-order valence-electron chi connectivity index (χ4n) is 4.04. The minimum Gasteiger partial charge on any atom is -0.357 e. The van der Waals surface area contributed by atoms with Crippen LogP contribution in [0.4, 0.5) is 8.78 Å². The van der Waals surface area contributed by atoms with E-state index in [1.165, 1.54) is 50.9 Å². The van der Waals surface area contributed by atoms with E-state index in [1.807, 2.05) is 6.92 Å². The summed E-state index contributed by atoms with van der Waals surface area (Å²) in [5.41, 5.74) is 0.440. The second-order valence-electron chi connectivity index (χ2n) is 6.93.